The average molecular weight is 336 g/mol. The zero-order valence-electron chi connectivity index (χ0n) is 13.7. The van der Waals surface area contributed by atoms with Crippen LogP contribution < -0.4 is 5.32 Å². The third-order valence-electron chi connectivity index (χ3n) is 3.83. The summed E-state index contributed by atoms with van der Waals surface area (Å²) in [6.07, 6.45) is 1.91. The summed E-state index contributed by atoms with van der Waals surface area (Å²) in [6, 6.07) is 17.9. The highest BCUT2D eigenvalue weighted by atomic mass is 32.1. The minimum atomic E-state index is -0.0240. The van der Waals surface area contributed by atoms with Crippen molar-refractivity contribution in [1.82, 2.24) is 10.3 Å². The molecule has 0 saturated heterocycles. The molecule has 4 heteroatoms. The Morgan fingerprint density at radius 2 is 1.83 bits per heavy atom. The zero-order valence-corrected chi connectivity index (χ0v) is 14.5. The van der Waals surface area contributed by atoms with Crippen LogP contribution in [-0.2, 0) is 6.42 Å². The van der Waals surface area contributed by atoms with E-state index in [9.17, 15) is 4.79 Å². The Kier molecular flexibility index (Phi) is 5.39. The SMILES string of the molecule is Cc1nc(-c2ccc(C(=O)NCCCc3ccccc3)cc2)cs1. The van der Waals surface area contributed by atoms with E-state index in [-0.39, 0.29) is 5.91 Å². The van der Waals surface area contributed by atoms with Crippen molar-refractivity contribution < 1.29 is 4.79 Å². The first-order valence-electron chi connectivity index (χ1n) is 8.07. The highest BCUT2D eigenvalue weighted by molar-refractivity contribution is 7.09. The average Bonchev–Trinajstić information content (AvgIpc) is 3.06. The number of aromatic nitrogens is 1. The van der Waals surface area contributed by atoms with Crippen LogP contribution in [0.25, 0.3) is 11.3 Å². The Labute approximate surface area is 146 Å². The van der Waals surface area contributed by atoms with E-state index < -0.39 is 0 Å². The maximum atomic E-state index is 12.2. The fourth-order valence-electron chi connectivity index (χ4n) is 2.53. The number of carbonyl (C=O) groups excluding carboxylic acids is 1. The Morgan fingerprint density at radius 1 is 1.08 bits per heavy atom. The topological polar surface area (TPSA) is 42.0 Å². The van der Waals surface area contributed by atoms with Crippen molar-refractivity contribution in [2.75, 3.05) is 6.54 Å². The van der Waals surface area contributed by atoms with Gasteiger partial charge in [-0.05, 0) is 37.5 Å². The molecule has 0 radical (unpaired) electrons. The van der Waals surface area contributed by atoms with E-state index >= 15 is 0 Å². The maximum absolute atomic E-state index is 12.2. The van der Waals surface area contributed by atoms with Crippen LogP contribution in [0, 0.1) is 6.92 Å². The van der Waals surface area contributed by atoms with Crippen LogP contribution in [0.4, 0.5) is 0 Å². The molecule has 3 nitrogen and oxygen atoms in total. The summed E-state index contributed by atoms with van der Waals surface area (Å²) >= 11 is 1.63. The summed E-state index contributed by atoms with van der Waals surface area (Å²) in [4.78, 5) is 16.6. The first-order valence-corrected chi connectivity index (χ1v) is 8.95. The second kappa shape index (κ2) is 7.88. The third kappa shape index (κ3) is 4.30. The predicted molar refractivity (Wildman–Crippen MR) is 99.4 cm³/mol. The first kappa shape index (κ1) is 16.4. The molecule has 1 amide bonds. The molecule has 0 spiro atoms. The number of carbonyl (C=O) groups is 1. The quantitative estimate of drug-likeness (QED) is 0.674. The van der Waals surface area contributed by atoms with Crippen molar-refractivity contribution in [3.8, 4) is 11.3 Å². The largest absolute Gasteiger partial charge is 0.352 e. The highest BCUT2D eigenvalue weighted by Crippen LogP contribution is 2.21. The van der Waals surface area contributed by atoms with Crippen LogP contribution in [0.15, 0.2) is 60.0 Å². The van der Waals surface area contributed by atoms with Gasteiger partial charge in [0.25, 0.3) is 5.91 Å². The number of rotatable bonds is 6. The molecule has 0 bridgehead atoms. The lowest BCUT2D eigenvalue weighted by Gasteiger charge is -2.06. The predicted octanol–water partition coefficient (Wildman–Crippen LogP) is 4.48. The van der Waals surface area contributed by atoms with Crippen LogP contribution in [0.5, 0.6) is 0 Å². The maximum Gasteiger partial charge on any atom is 0.251 e. The van der Waals surface area contributed by atoms with E-state index in [1.54, 1.807) is 11.3 Å². The molecule has 2 aromatic carbocycles. The second-order valence-electron chi connectivity index (χ2n) is 5.67. The molecule has 122 valence electrons. The molecule has 0 unspecified atom stereocenters. The molecule has 3 aromatic rings. The van der Waals surface area contributed by atoms with Gasteiger partial charge in [-0.2, -0.15) is 0 Å². The number of nitrogens with zero attached hydrogens (tertiary/aromatic N) is 1. The van der Waals surface area contributed by atoms with Gasteiger partial charge in [0.2, 0.25) is 0 Å². The third-order valence-corrected chi connectivity index (χ3v) is 4.61. The van der Waals surface area contributed by atoms with Gasteiger partial charge in [0, 0.05) is 23.1 Å². The van der Waals surface area contributed by atoms with Crippen molar-refractivity contribution in [1.29, 1.82) is 0 Å². The van der Waals surface area contributed by atoms with Crippen LogP contribution in [0.3, 0.4) is 0 Å². The molecule has 0 fully saturated rings. The number of benzene rings is 2. The molecule has 1 N–H and O–H groups in total. The van der Waals surface area contributed by atoms with Gasteiger partial charge in [0.15, 0.2) is 0 Å². The minimum absolute atomic E-state index is 0.0240. The van der Waals surface area contributed by atoms with Gasteiger partial charge in [0.05, 0.1) is 10.7 Å². The lowest BCUT2D eigenvalue weighted by molar-refractivity contribution is 0.0953. The van der Waals surface area contributed by atoms with E-state index in [1.165, 1.54) is 5.56 Å². The van der Waals surface area contributed by atoms with Gasteiger partial charge in [-0.25, -0.2) is 4.98 Å². The van der Waals surface area contributed by atoms with Crippen LogP contribution in [-0.4, -0.2) is 17.4 Å². The Bertz CT molecular complexity index is 794. The first-order chi connectivity index (χ1) is 11.7. The summed E-state index contributed by atoms with van der Waals surface area (Å²) in [5.74, 6) is -0.0240. The number of thiazole rings is 1. The smallest absolute Gasteiger partial charge is 0.251 e. The summed E-state index contributed by atoms with van der Waals surface area (Å²) < 4.78 is 0. The van der Waals surface area contributed by atoms with Crippen molar-refractivity contribution >= 4 is 17.2 Å². The molecular formula is C20H20N2OS. The molecule has 0 aliphatic heterocycles. The van der Waals surface area contributed by atoms with E-state index in [2.05, 4.69) is 22.4 Å². The number of nitrogens with one attached hydrogen (secondary N) is 1. The highest BCUT2D eigenvalue weighted by Gasteiger charge is 2.07. The van der Waals surface area contributed by atoms with Crippen molar-refractivity contribution in [2.45, 2.75) is 19.8 Å². The standard InChI is InChI=1S/C20H20N2OS/c1-15-22-19(14-24-15)17-9-11-18(12-10-17)20(23)21-13-5-8-16-6-3-2-4-7-16/h2-4,6-7,9-12,14H,5,8,13H2,1H3,(H,21,23). The van der Waals surface area contributed by atoms with Gasteiger partial charge in [-0.15, -0.1) is 11.3 Å². The van der Waals surface area contributed by atoms with Gasteiger partial charge in [-0.1, -0.05) is 42.5 Å². The molecular weight excluding hydrogens is 316 g/mol. The molecule has 0 atom stereocenters. The van der Waals surface area contributed by atoms with Crippen LogP contribution >= 0.6 is 11.3 Å². The van der Waals surface area contributed by atoms with Crippen LogP contribution in [0.1, 0.15) is 27.3 Å². The van der Waals surface area contributed by atoms with E-state index in [1.807, 2.05) is 54.8 Å². The van der Waals surface area contributed by atoms with Gasteiger partial charge in [0.1, 0.15) is 0 Å². The summed E-state index contributed by atoms with van der Waals surface area (Å²) in [5, 5.41) is 6.06. The molecule has 0 saturated carbocycles. The molecule has 3 rings (SSSR count). The normalized spacial score (nSPS) is 10.5. The van der Waals surface area contributed by atoms with Crippen LogP contribution in [0.2, 0.25) is 0 Å². The Morgan fingerprint density at radius 3 is 2.50 bits per heavy atom. The summed E-state index contributed by atoms with van der Waals surface area (Å²) in [5.41, 5.74) is 3.99. The number of hydrogen-bond acceptors (Lipinski definition) is 3. The lowest BCUT2D eigenvalue weighted by Crippen LogP contribution is -2.24. The zero-order chi connectivity index (χ0) is 16.8. The van der Waals surface area contributed by atoms with E-state index in [0.717, 1.165) is 29.1 Å². The number of amides is 1. The number of hydrogen-bond donors (Lipinski definition) is 1. The lowest BCUT2D eigenvalue weighted by atomic mass is 10.1. The molecule has 24 heavy (non-hydrogen) atoms. The molecule has 1 heterocycles. The minimum Gasteiger partial charge on any atom is -0.352 e. The Balaban J connectivity index is 1.50. The van der Waals surface area contributed by atoms with Crippen molar-refractivity contribution in [3.05, 3.63) is 76.1 Å². The monoisotopic (exact) mass is 336 g/mol. The second-order valence-corrected chi connectivity index (χ2v) is 6.74. The number of aryl methyl sites for hydroxylation is 2. The molecule has 0 aliphatic rings. The Hall–Kier alpha value is -2.46. The fourth-order valence-corrected chi connectivity index (χ4v) is 3.15. The van der Waals surface area contributed by atoms with Crippen molar-refractivity contribution in [3.63, 3.8) is 0 Å². The van der Waals surface area contributed by atoms with Crippen molar-refractivity contribution in [2.24, 2.45) is 0 Å². The van der Waals surface area contributed by atoms with Gasteiger partial charge < -0.3 is 5.32 Å². The molecule has 1 aromatic heterocycles. The van der Waals surface area contributed by atoms with Gasteiger partial charge in [-0.3, -0.25) is 4.79 Å². The van der Waals surface area contributed by atoms with Gasteiger partial charge >= 0.3 is 0 Å². The van der Waals surface area contributed by atoms with E-state index in [4.69, 9.17) is 0 Å². The summed E-state index contributed by atoms with van der Waals surface area (Å²) in [7, 11) is 0. The fraction of sp³-hybridized carbons (Fsp3) is 0.200. The summed E-state index contributed by atoms with van der Waals surface area (Å²) in [6.45, 7) is 2.67. The molecule has 0 aliphatic carbocycles. The van der Waals surface area contributed by atoms with E-state index in [0.29, 0.717) is 12.1 Å².